The molecule has 0 N–H and O–H groups in total. The van der Waals surface area contributed by atoms with E-state index in [-0.39, 0.29) is 12.0 Å². The molecule has 1 aromatic rings. The zero-order valence-electron chi connectivity index (χ0n) is 13.2. The van der Waals surface area contributed by atoms with E-state index in [1.165, 1.54) is 6.42 Å². The Morgan fingerprint density at radius 2 is 2.23 bits per heavy atom. The summed E-state index contributed by atoms with van der Waals surface area (Å²) in [5, 5.41) is 0. The third-order valence-corrected chi connectivity index (χ3v) is 3.80. The molecule has 1 aromatic carbocycles. The number of hydrogen-bond acceptors (Lipinski definition) is 3. The zero-order valence-corrected chi connectivity index (χ0v) is 13.2. The predicted molar refractivity (Wildman–Crippen MR) is 88.0 cm³/mol. The van der Waals surface area contributed by atoms with Crippen LogP contribution < -0.4 is 4.90 Å². The van der Waals surface area contributed by atoms with Crippen LogP contribution in [0.25, 0.3) is 0 Å². The summed E-state index contributed by atoms with van der Waals surface area (Å²) < 4.78 is 11.4. The fourth-order valence-electron chi connectivity index (χ4n) is 2.54. The number of carbonyl (C=O) groups is 1. The van der Waals surface area contributed by atoms with Gasteiger partial charge in [-0.3, -0.25) is 4.79 Å². The van der Waals surface area contributed by atoms with Crippen molar-refractivity contribution in [3.05, 3.63) is 43.0 Å². The lowest BCUT2D eigenvalue weighted by molar-refractivity contribution is -0.132. The van der Waals surface area contributed by atoms with E-state index < -0.39 is 6.10 Å². The number of para-hydroxylation sites is 1. The van der Waals surface area contributed by atoms with Crippen molar-refractivity contribution in [2.24, 2.45) is 0 Å². The van der Waals surface area contributed by atoms with Crippen molar-refractivity contribution in [3.8, 4) is 0 Å². The Balaban J connectivity index is 1.92. The lowest BCUT2D eigenvalue weighted by Gasteiger charge is -2.27. The second-order valence-corrected chi connectivity index (χ2v) is 5.54. The average molecular weight is 303 g/mol. The van der Waals surface area contributed by atoms with Gasteiger partial charge in [-0.05, 0) is 38.3 Å². The summed E-state index contributed by atoms with van der Waals surface area (Å²) in [5.74, 6) is -0.0538. The molecule has 120 valence electrons. The summed E-state index contributed by atoms with van der Waals surface area (Å²) >= 11 is 0. The highest BCUT2D eigenvalue weighted by Crippen LogP contribution is 2.17. The van der Waals surface area contributed by atoms with E-state index in [9.17, 15) is 4.79 Å². The van der Waals surface area contributed by atoms with Gasteiger partial charge in [0.2, 0.25) is 0 Å². The first kappa shape index (κ1) is 16.7. The monoisotopic (exact) mass is 303 g/mol. The smallest absolute Gasteiger partial charge is 0.256 e. The number of hydrogen-bond donors (Lipinski definition) is 0. The minimum atomic E-state index is -0.495. The van der Waals surface area contributed by atoms with Gasteiger partial charge < -0.3 is 14.4 Å². The molecule has 1 aliphatic heterocycles. The number of carbonyl (C=O) groups excluding carboxylic acids is 1. The topological polar surface area (TPSA) is 38.8 Å². The first-order chi connectivity index (χ1) is 10.7. The molecule has 1 heterocycles. The van der Waals surface area contributed by atoms with Crippen LogP contribution in [0, 0.1) is 0 Å². The number of benzene rings is 1. The van der Waals surface area contributed by atoms with E-state index in [2.05, 4.69) is 6.58 Å². The summed E-state index contributed by atoms with van der Waals surface area (Å²) in [5.41, 5.74) is 0.858. The van der Waals surface area contributed by atoms with E-state index in [1.54, 1.807) is 17.9 Å². The van der Waals surface area contributed by atoms with Gasteiger partial charge in [0.15, 0.2) is 0 Å². The molecule has 2 unspecified atom stereocenters. The van der Waals surface area contributed by atoms with Gasteiger partial charge in [0, 0.05) is 18.8 Å². The van der Waals surface area contributed by atoms with Crippen molar-refractivity contribution in [2.75, 3.05) is 24.7 Å². The zero-order chi connectivity index (χ0) is 15.8. The molecule has 0 aliphatic carbocycles. The quantitative estimate of drug-likeness (QED) is 0.726. The Hall–Kier alpha value is -1.65. The normalized spacial score (nSPS) is 19.4. The molecule has 4 heteroatoms. The van der Waals surface area contributed by atoms with Gasteiger partial charge in [-0.25, -0.2) is 0 Å². The van der Waals surface area contributed by atoms with Gasteiger partial charge >= 0.3 is 0 Å². The molecule has 2 rings (SSSR count). The first-order valence-electron chi connectivity index (χ1n) is 7.93. The highest BCUT2D eigenvalue weighted by molar-refractivity contribution is 5.96. The maximum absolute atomic E-state index is 12.6. The molecule has 4 nitrogen and oxygen atoms in total. The van der Waals surface area contributed by atoms with E-state index in [0.717, 1.165) is 25.1 Å². The summed E-state index contributed by atoms with van der Waals surface area (Å²) in [6.07, 6.45) is 4.65. The van der Waals surface area contributed by atoms with E-state index >= 15 is 0 Å². The Morgan fingerprint density at radius 1 is 1.45 bits per heavy atom. The van der Waals surface area contributed by atoms with Crippen molar-refractivity contribution in [1.82, 2.24) is 0 Å². The Kier molecular flexibility index (Phi) is 6.62. The standard InChI is InChI=1S/C18H25NO3/c1-3-12-19(16-9-5-4-6-10-16)18(20)15(2)22-14-17-11-7-8-13-21-17/h3-6,9-10,15,17H,1,7-8,11-14H2,2H3. The minimum absolute atomic E-state index is 0.0538. The molecule has 1 aliphatic rings. The van der Waals surface area contributed by atoms with Crippen LogP contribution in [0.3, 0.4) is 0 Å². The van der Waals surface area contributed by atoms with E-state index in [4.69, 9.17) is 9.47 Å². The van der Waals surface area contributed by atoms with Crippen molar-refractivity contribution in [1.29, 1.82) is 0 Å². The van der Waals surface area contributed by atoms with Crippen molar-refractivity contribution in [2.45, 2.75) is 38.4 Å². The van der Waals surface area contributed by atoms with Gasteiger partial charge in [-0.2, -0.15) is 0 Å². The largest absolute Gasteiger partial charge is 0.376 e. The van der Waals surface area contributed by atoms with Crippen LogP contribution in [0.15, 0.2) is 43.0 Å². The molecule has 0 bridgehead atoms. The molecule has 1 amide bonds. The van der Waals surface area contributed by atoms with E-state index in [0.29, 0.717) is 13.2 Å². The van der Waals surface area contributed by atoms with Crippen molar-refractivity contribution >= 4 is 11.6 Å². The van der Waals surface area contributed by atoms with Crippen LogP contribution in [0.4, 0.5) is 5.69 Å². The number of anilines is 1. The lowest BCUT2D eigenvalue weighted by Crippen LogP contribution is -2.40. The second-order valence-electron chi connectivity index (χ2n) is 5.54. The molecule has 0 aromatic heterocycles. The molecule has 22 heavy (non-hydrogen) atoms. The van der Waals surface area contributed by atoms with Crippen LogP contribution in [-0.4, -0.2) is 37.9 Å². The lowest BCUT2D eigenvalue weighted by atomic mass is 10.1. The summed E-state index contributed by atoms with van der Waals surface area (Å²) in [4.78, 5) is 14.3. The second kappa shape index (κ2) is 8.71. The first-order valence-corrected chi connectivity index (χ1v) is 7.93. The van der Waals surface area contributed by atoms with Gasteiger partial charge in [0.25, 0.3) is 5.91 Å². The maximum Gasteiger partial charge on any atom is 0.256 e. The number of rotatable bonds is 7. The fourth-order valence-corrected chi connectivity index (χ4v) is 2.54. The minimum Gasteiger partial charge on any atom is -0.376 e. The number of amides is 1. The Morgan fingerprint density at radius 3 is 2.86 bits per heavy atom. The van der Waals surface area contributed by atoms with Crippen LogP contribution in [0.1, 0.15) is 26.2 Å². The van der Waals surface area contributed by atoms with Crippen molar-refractivity contribution in [3.63, 3.8) is 0 Å². The van der Waals surface area contributed by atoms with Gasteiger partial charge in [0.05, 0.1) is 12.7 Å². The van der Waals surface area contributed by atoms with Crippen LogP contribution in [-0.2, 0) is 14.3 Å². The molecule has 0 saturated carbocycles. The van der Waals surface area contributed by atoms with Crippen LogP contribution in [0.5, 0.6) is 0 Å². The molecular weight excluding hydrogens is 278 g/mol. The van der Waals surface area contributed by atoms with Gasteiger partial charge in [-0.1, -0.05) is 24.3 Å². The van der Waals surface area contributed by atoms with E-state index in [1.807, 2.05) is 30.3 Å². The number of ether oxygens (including phenoxy) is 2. The predicted octanol–water partition coefficient (Wildman–Crippen LogP) is 3.18. The third kappa shape index (κ3) is 4.68. The average Bonchev–Trinajstić information content (AvgIpc) is 2.58. The Bertz CT molecular complexity index is 468. The van der Waals surface area contributed by atoms with Gasteiger partial charge in [0.1, 0.15) is 6.10 Å². The summed E-state index contributed by atoms with van der Waals surface area (Å²) in [7, 11) is 0. The highest BCUT2D eigenvalue weighted by Gasteiger charge is 2.23. The van der Waals surface area contributed by atoms with Crippen LogP contribution >= 0.6 is 0 Å². The van der Waals surface area contributed by atoms with Crippen molar-refractivity contribution < 1.29 is 14.3 Å². The third-order valence-electron chi connectivity index (χ3n) is 3.80. The molecule has 0 spiro atoms. The molecular formula is C18H25NO3. The van der Waals surface area contributed by atoms with Gasteiger partial charge in [-0.15, -0.1) is 6.58 Å². The molecule has 0 radical (unpaired) electrons. The summed E-state index contributed by atoms with van der Waals surface area (Å²) in [6, 6.07) is 9.59. The van der Waals surface area contributed by atoms with Crippen LogP contribution in [0.2, 0.25) is 0 Å². The molecule has 1 saturated heterocycles. The number of nitrogens with zero attached hydrogens (tertiary/aromatic N) is 1. The SMILES string of the molecule is C=CCN(C(=O)C(C)OCC1CCCCO1)c1ccccc1. The summed E-state index contributed by atoms with van der Waals surface area (Å²) in [6.45, 7) is 7.27. The maximum atomic E-state index is 12.6. The molecule has 2 atom stereocenters. The Labute approximate surface area is 132 Å². The fraction of sp³-hybridized carbons (Fsp3) is 0.500. The highest BCUT2D eigenvalue weighted by atomic mass is 16.5. The molecule has 1 fully saturated rings.